The molecule has 0 unspecified atom stereocenters. The molecular formula is C24H31N3O4. The lowest BCUT2D eigenvalue weighted by Crippen LogP contribution is -2.42. The molecule has 2 aromatic rings. The molecule has 2 aliphatic rings. The van der Waals surface area contributed by atoms with Gasteiger partial charge in [0.2, 0.25) is 0 Å². The maximum atomic E-state index is 11.6. The van der Waals surface area contributed by atoms with Crippen LogP contribution in [0.1, 0.15) is 54.5 Å². The van der Waals surface area contributed by atoms with Gasteiger partial charge >= 0.3 is 5.97 Å². The number of hydrogen-bond donors (Lipinski definition) is 1. The van der Waals surface area contributed by atoms with Crippen molar-refractivity contribution in [1.82, 2.24) is 14.9 Å². The summed E-state index contributed by atoms with van der Waals surface area (Å²) < 4.78 is 10.8. The minimum absolute atomic E-state index is 0.239. The first-order valence-corrected chi connectivity index (χ1v) is 11.0. The molecule has 2 fully saturated rings. The number of fused-ring (bicyclic) bond motifs is 1. The van der Waals surface area contributed by atoms with Gasteiger partial charge in [0.05, 0.1) is 24.5 Å². The number of aliphatic hydroxyl groups excluding tert-OH is 1. The van der Waals surface area contributed by atoms with E-state index in [4.69, 9.17) is 14.5 Å². The Labute approximate surface area is 183 Å². The molecule has 1 aliphatic carbocycles. The smallest absolute Gasteiger partial charge is 0.337 e. The van der Waals surface area contributed by atoms with Gasteiger partial charge in [-0.25, -0.2) is 14.8 Å². The minimum atomic E-state index is -0.493. The van der Waals surface area contributed by atoms with Crippen molar-refractivity contribution < 1.29 is 19.4 Å². The van der Waals surface area contributed by atoms with Crippen molar-refractivity contribution in [1.29, 1.82) is 0 Å². The van der Waals surface area contributed by atoms with Gasteiger partial charge < -0.3 is 14.6 Å². The van der Waals surface area contributed by atoms with Crippen molar-refractivity contribution in [3.05, 3.63) is 53.6 Å². The molecule has 0 bridgehead atoms. The molecular weight excluding hydrogens is 394 g/mol. The van der Waals surface area contributed by atoms with Crippen LogP contribution in [0.15, 0.2) is 36.5 Å². The average molecular weight is 426 g/mol. The number of likely N-dealkylation sites (tertiary alicyclic amines) is 1. The van der Waals surface area contributed by atoms with E-state index in [-0.39, 0.29) is 12.1 Å². The van der Waals surface area contributed by atoms with E-state index in [9.17, 15) is 9.90 Å². The first kappa shape index (κ1) is 21.7. The summed E-state index contributed by atoms with van der Waals surface area (Å²) in [6, 6.07) is 8.88. The summed E-state index contributed by atoms with van der Waals surface area (Å²) in [5, 5.41) is 10.7. The number of benzene rings is 1. The molecule has 2 heterocycles. The number of ether oxygens (including phenoxy) is 2. The maximum Gasteiger partial charge on any atom is 0.337 e. The van der Waals surface area contributed by atoms with Crippen molar-refractivity contribution in [2.75, 3.05) is 20.2 Å². The second-order valence-electron chi connectivity index (χ2n) is 8.99. The van der Waals surface area contributed by atoms with E-state index in [0.29, 0.717) is 29.1 Å². The number of carbonyl (C=O) groups excluding carboxylic acids is 1. The quantitative estimate of drug-likeness (QED) is 0.712. The monoisotopic (exact) mass is 425 g/mol. The van der Waals surface area contributed by atoms with Crippen LogP contribution in [-0.2, 0) is 11.3 Å². The van der Waals surface area contributed by atoms with E-state index in [1.54, 1.807) is 24.3 Å². The number of methoxy groups -OCH3 is 1. The van der Waals surface area contributed by atoms with E-state index in [1.165, 1.54) is 7.11 Å². The Balaban J connectivity index is 1.35. The first-order chi connectivity index (χ1) is 14.9. The third-order valence-corrected chi connectivity index (χ3v) is 6.36. The summed E-state index contributed by atoms with van der Waals surface area (Å²) in [7, 11) is 1.36. The summed E-state index contributed by atoms with van der Waals surface area (Å²) >= 11 is 0. The number of hydrogen-bond acceptors (Lipinski definition) is 7. The third-order valence-electron chi connectivity index (χ3n) is 6.36. The molecule has 7 nitrogen and oxygen atoms in total. The summed E-state index contributed by atoms with van der Waals surface area (Å²) in [5.74, 6) is 2.46. The van der Waals surface area contributed by atoms with E-state index >= 15 is 0 Å². The molecule has 4 atom stereocenters. The van der Waals surface area contributed by atoms with Gasteiger partial charge in [-0.15, -0.1) is 0 Å². The van der Waals surface area contributed by atoms with Crippen LogP contribution in [0.2, 0.25) is 0 Å². The third kappa shape index (κ3) is 5.05. The zero-order valence-corrected chi connectivity index (χ0v) is 18.4. The summed E-state index contributed by atoms with van der Waals surface area (Å²) in [6.45, 7) is 6.98. The number of esters is 1. The van der Waals surface area contributed by atoms with Crippen LogP contribution in [0, 0.1) is 11.8 Å². The lowest BCUT2D eigenvalue weighted by Gasteiger charge is -2.35. The fraction of sp³-hybridized carbons (Fsp3) is 0.542. The standard InChI is InChI=1S/C24H31N3O4/c1-15(2)23-25-9-8-19(26-23)14-27-12-17-10-21(28)22(11-18(17)13-27)31-20-6-4-16(5-7-20)24(29)30-3/h4-9,15,17-18,21-22,28H,10-14H2,1-3H3/t17-,18+,21+,22+/m0/s1. The normalized spacial score (nSPS) is 26.0. The molecule has 1 saturated heterocycles. The predicted octanol–water partition coefficient (Wildman–Crippen LogP) is 3.04. The lowest BCUT2D eigenvalue weighted by atomic mass is 9.78. The highest BCUT2D eigenvalue weighted by atomic mass is 16.5. The fourth-order valence-corrected chi connectivity index (χ4v) is 4.71. The molecule has 7 heteroatoms. The van der Waals surface area contributed by atoms with Crippen LogP contribution in [0.3, 0.4) is 0 Å². The van der Waals surface area contributed by atoms with Crippen molar-refractivity contribution in [3.63, 3.8) is 0 Å². The predicted molar refractivity (Wildman–Crippen MR) is 116 cm³/mol. The van der Waals surface area contributed by atoms with E-state index < -0.39 is 6.10 Å². The Morgan fingerprint density at radius 3 is 2.55 bits per heavy atom. The van der Waals surface area contributed by atoms with Crippen LogP contribution in [0.4, 0.5) is 0 Å². The Morgan fingerprint density at radius 1 is 1.16 bits per heavy atom. The fourth-order valence-electron chi connectivity index (χ4n) is 4.71. The second kappa shape index (κ2) is 9.32. The topological polar surface area (TPSA) is 84.8 Å². The van der Waals surface area contributed by atoms with Crippen LogP contribution < -0.4 is 4.74 Å². The zero-order valence-electron chi connectivity index (χ0n) is 18.4. The highest BCUT2D eigenvalue weighted by Gasteiger charge is 2.42. The van der Waals surface area contributed by atoms with Crippen molar-refractivity contribution in [3.8, 4) is 5.75 Å². The number of nitrogens with zero attached hydrogens (tertiary/aromatic N) is 3. The van der Waals surface area contributed by atoms with E-state index in [0.717, 1.165) is 44.0 Å². The maximum absolute atomic E-state index is 11.6. The SMILES string of the molecule is COC(=O)c1ccc(O[C@@H]2C[C@@H]3CN(Cc4ccnc(C(C)C)n4)C[C@@H]3C[C@H]2O)cc1. The number of carbonyl (C=O) groups is 1. The molecule has 4 rings (SSSR count). The number of aliphatic hydroxyl groups is 1. The number of aromatic nitrogens is 2. The summed E-state index contributed by atoms with van der Waals surface area (Å²) in [5.41, 5.74) is 1.53. The first-order valence-electron chi connectivity index (χ1n) is 11.0. The highest BCUT2D eigenvalue weighted by Crippen LogP contribution is 2.38. The molecule has 1 aliphatic heterocycles. The number of rotatable bonds is 6. The zero-order chi connectivity index (χ0) is 22.0. The molecule has 31 heavy (non-hydrogen) atoms. The van der Waals surface area contributed by atoms with Crippen LogP contribution in [0.5, 0.6) is 5.75 Å². The van der Waals surface area contributed by atoms with Gasteiger partial charge in [0.25, 0.3) is 0 Å². The highest BCUT2D eigenvalue weighted by molar-refractivity contribution is 5.89. The van der Waals surface area contributed by atoms with Crippen LogP contribution in [0.25, 0.3) is 0 Å². The molecule has 1 aromatic carbocycles. The van der Waals surface area contributed by atoms with Crippen molar-refractivity contribution >= 4 is 5.97 Å². The van der Waals surface area contributed by atoms with Gasteiger partial charge in [-0.3, -0.25) is 4.90 Å². The van der Waals surface area contributed by atoms with Gasteiger partial charge in [-0.1, -0.05) is 13.8 Å². The van der Waals surface area contributed by atoms with Gasteiger partial charge in [-0.2, -0.15) is 0 Å². The molecule has 1 N–H and O–H groups in total. The van der Waals surface area contributed by atoms with Gasteiger partial charge in [0.1, 0.15) is 17.7 Å². The molecule has 1 aromatic heterocycles. The average Bonchev–Trinajstić information content (AvgIpc) is 3.14. The minimum Gasteiger partial charge on any atom is -0.488 e. The largest absolute Gasteiger partial charge is 0.488 e. The second-order valence-corrected chi connectivity index (χ2v) is 8.99. The van der Waals surface area contributed by atoms with Gasteiger partial charge in [-0.05, 0) is 55.0 Å². The van der Waals surface area contributed by atoms with Gasteiger partial charge in [0.15, 0.2) is 0 Å². The lowest BCUT2D eigenvalue weighted by molar-refractivity contribution is -0.0231. The van der Waals surface area contributed by atoms with Crippen molar-refractivity contribution in [2.45, 2.75) is 51.4 Å². The molecule has 166 valence electrons. The Kier molecular flexibility index (Phi) is 6.53. The summed E-state index contributed by atoms with van der Waals surface area (Å²) in [4.78, 5) is 23.1. The van der Waals surface area contributed by atoms with Crippen LogP contribution >= 0.6 is 0 Å². The summed E-state index contributed by atoms with van der Waals surface area (Å²) in [6.07, 6.45) is 2.68. The van der Waals surface area contributed by atoms with E-state index in [1.807, 2.05) is 12.3 Å². The van der Waals surface area contributed by atoms with E-state index in [2.05, 4.69) is 23.7 Å². The Morgan fingerprint density at radius 2 is 1.87 bits per heavy atom. The molecule has 0 radical (unpaired) electrons. The molecule has 0 spiro atoms. The van der Waals surface area contributed by atoms with Gasteiger partial charge in [0, 0.05) is 31.7 Å². The van der Waals surface area contributed by atoms with Crippen LogP contribution in [-0.4, -0.2) is 58.4 Å². The molecule has 0 amide bonds. The Bertz CT molecular complexity index is 902. The molecule has 1 saturated carbocycles. The Hall–Kier alpha value is -2.51. The van der Waals surface area contributed by atoms with Crippen molar-refractivity contribution in [2.24, 2.45) is 11.8 Å².